The summed E-state index contributed by atoms with van der Waals surface area (Å²) in [7, 11) is 1.27. The highest BCUT2D eigenvalue weighted by Crippen LogP contribution is 2.37. The number of carbonyl (C=O) groups is 3. The maximum absolute atomic E-state index is 12.5. The quantitative estimate of drug-likeness (QED) is 0.268. The second-order valence-electron chi connectivity index (χ2n) is 4.99. The van der Waals surface area contributed by atoms with Crippen LogP contribution in [0.1, 0.15) is 5.69 Å². The summed E-state index contributed by atoms with van der Waals surface area (Å²) >= 11 is 2.49. The summed E-state index contributed by atoms with van der Waals surface area (Å²) in [5, 5.41) is 16.3. The van der Waals surface area contributed by atoms with Crippen LogP contribution in [0.2, 0.25) is 0 Å². The number of fused-ring (bicyclic) bond motifs is 1. The number of β-lactam (4-membered cyclic amide) rings is 1. The third-order valence-electron chi connectivity index (χ3n) is 3.45. The number of nitrogen functional groups attached to an aromatic ring is 1. The van der Waals surface area contributed by atoms with Crippen molar-refractivity contribution in [3.63, 3.8) is 0 Å². The monoisotopic (exact) mass is 399 g/mol. The van der Waals surface area contributed by atoms with Gasteiger partial charge in [0.15, 0.2) is 10.8 Å². The minimum Gasteiger partial charge on any atom is -0.449 e. The van der Waals surface area contributed by atoms with Gasteiger partial charge in [0.1, 0.15) is 24.2 Å². The van der Waals surface area contributed by atoms with E-state index in [9.17, 15) is 14.4 Å². The molecule has 0 aromatic carbocycles. The van der Waals surface area contributed by atoms with E-state index in [-0.39, 0.29) is 22.4 Å². The number of hydrogen-bond donors (Lipinski definition) is 3. The molecule has 1 aromatic heterocycles. The van der Waals surface area contributed by atoms with Gasteiger partial charge in [-0.25, -0.2) is 9.78 Å². The molecule has 1 aromatic rings. The molecule has 2 aliphatic rings. The summed E-state index contributed by atoms with van der Waals surface area (Å²) < 4.78 is 4.60. The molecule has 11 nitrogen and oxygen atoms in total. The van der Waals surface area contributed by atoms with E-state index in [2.05, 4.69) is 25.0 Å². The average molecular weight is 399 g/mol. The van der Waals surface area contributed by atoms with Crippen molar-refractivity contribution in [1.82, 2.24) is 15.2 Å². The molecule has 3 rings (SSSR count). The summed E-state index contributed by atoms with van der Waals surface area (Å²) in [4.78, 5) is 45.4. The number of anilines is 1. The van der Waals surface area contributed by atoms with Crippen molar-refractivity contribution in [1.29, 1.82) is 0 Å². The molecule has 2 amide bonds. The zero-order valence-corrected chi connectivity index (χ0v) is 14.9. The maximum atomic E-state index is 12.5. The lowest BCUT2D eigenvalue weighted by Crippen LogP contribution is -2.70. The molecule has 0 bridgehead atoms. The van der Waals surface area contributed by atoms with Gasteiger partial charge in [0.05, 0.1) is 0 Å². The minimum atomic E-state index is -1.52. The molecule has 26 heavy (non-hydrogen) atoms. The van der Waals surface area contributed by atoms with Gasteiger partial charge in [0.25, 0.3) is 11.8 Å². The number of carbonyl (C=O) groups excluding carboxylic acids is 2. The van der Waals surface area contributed by atoms with Crippen LogP contribution in [0.25, 0.3) is 0 Å². The van der Waals surface area contributed by atoms with Crippen molar-refractivity contribution < 1.29 is 29.1 Å². The number of nitrogens with two attached hydrogens (primary N) is 1. The summed E-state index contributed by atoms with van der Waals surface area (Å²) in [6.45, 7) is 0. The first-order valence-corrected chi connectivity index (χ1v) is 9.04. The van der Waals surface area contributed by atoms with Gasteiger partial charge >= 0.3 is 6.16 Å². The number of carboxylic acid groups (broad SMARTS) is 1. The van der Waals surface area contributed by atoms with Gasteiger partial charge in [-0.1, -0.05) is 5.16 Å². The van der Waals surface area contributed by atoms with Gasteiger partial charge in [-0.2, -0.15) is 0 Å². The average Bonchev–Trinajstić information content (AvgIpc) is 3.02. The first kappa shape index (κ1) is 18.0. The van der Waals surface area contributed by atoms with E-state index in [1.807, 2.05) is 0 Å². The summed E-state index contributed by atoms with van der Waals surface area (Å²) in [5.74, 6) is -0.774. The van der Waals surface area contributed by atoms with Crippen LogP contribution in [-0.2, 0) is 19.2 Å². The highest BCUT2D eigenvalue weighted by molar-refractivity contribution is 8.00. The molecule has 0 aliphatic carbocycles. The number of oxime groups is 1. The molecule has 0 saturated carbocycles. The Kier molecular flexibility index (Phi) is 4.99. The van der Waals surface area contributed by atoms with Crippen molar-refractivity contribution in [2.75, 3.05) is 18.6 Å². The molecule has 138 valence electrons. The lowest BCUT2D eigenvalue weighted by Gasteiger charge is -2.47. The number of thiazole rings is 1. The largest absolute Gasteiger partial charge is 0.512 e. The van der Waals surface area contributed by atoms with E-state index in [0.717, 1.165) is 11.3 Å². The van der Waals surface area contributed by atoms with E-state index in [1.165, 1.54) is 29.8 Å². The zero-order chi connectivity index (χ0) is 18.8. The molecule has 3 heterocycles. The molecule has 2 aliphatic heterocycles. The Morgan fingerprint density at radius 2 is 2.31 bits per heavy atom. The Bertz CT molecular complexity index is 822. The molecule has 0 radical (unpaired) electrons. The lowest BCUT2D eigenvalue weighted by molar-refractivity contribution is -0.148. The number of nitrogens with one attached hydrogen (secondary N) is 1. The molecule has 2 atom stereocenters. The second kappa shape index (κ2) is 7.21. The van der Waals surface area contributed by atoms with Gasteiger partial charge in [0, 0.05) is 11.1 Å². The number of rotatable bonds is 5. The topological polar surface area (TPSA) is 156 Å². The van der Waals surface area contributed by atoms with Gasteiger partial charge in [0.2, 0.25) is 5.88 Å². The van der Waals surface area contributed by atoms with Crippen LogP contribution in [-0.4, -0.2) is 63.0 Å². The fourth-order valence-corrected chi connectivity index (χ4v) is 4.12. The number of aromatic nitrogens is 1. The molecule has 0 spiro atoms. The van der Waals surface area contributed by atoms with E-state index in [0.29, 0.717) is 5.75 Å². The van der Waals surface area contributed by atoms with Crippen molar-refractivity contribution in [3.8, 4) is 0 Å². The first-order chi connectivity index (χ1) is 12.4. The molecule has 1 saturated heterocycles. The summed E-state index contributed by atoms with van der Waals surface area (Å²) in [6.07, 6.45) is -0.0287. The van der Waals surface area contributed by atoms with Crippen LogP contribution in [0.4, 0.5) is 9.93 Å². The lowest BCUT2D eigenvalue weighted by atomic mass is 10.1. The van der Waals surface area contributed by atoms with Crippen LogP contribution in [0.15, 0.2) is 22.5 Å². The van der Waals surface area contributed by atoms with E-state index >= 15 is 0 Å². The third-order valence-corrected chi connectivity index (χ3v) is 5.30. The van der Waals surface area contributed by atoms with Crippen molar-refractivity contribution >= 4 is 51.9 Å². The van der Waals surface area contributed by atoms with E-state index in [1.54, 1.807) is 5.38 Å². The van der Waals surface area contributed by atoms with E-state index < -0.39 is 29.4 Å². The van der Waals surface area contributed by atoms with Gasteiger partial charge in [-0.15, -0.1) is 23.1 Å². The van der Waals surface area contributed by atoms with Crippen LogP contribution < -0.4 is 11.1 Å². The van der Waals surface area contributed by atoms with Crippen LogP contribution in [0, 0.1) is 0 Å². The molecular formula is C13H13N5O6S2. The normalized spacial score (nSPS) is 22.0. The predicted octanol–water partition coefficient (Wildman–Crippen LogP) is 0.0117. The zero-order valence-electron chi connectivity index (χ0n) is 13.2. The van der Waals surface area contributed by atoms with Gasteiger partial charge in [-0.3, -0.25) is 14.5 Å². The first-order valence-electron chi connectivity index (χ1n) is 7.11. The van der Waals surface area contributed by atoms with Crippen molar-refractivity contribution in [2.24, 2.45) is 5.16 Å². The Hall–Kier alpha value is -2.80. The predicted molar refractivity (Wildman–Crippen MR) is 92.3 cm³/mol. The van der Waals surface area contributed by atoms with E-state index in [4.69, 9.17) is 10.8 Å². The van der Waals surface area contributed by atoms with Gasteiger partial charge in [-0.05, 0) is 6.08 Å². The SMILES string of the molecule is CON=C(C(=O)N[C@@H]1C(=O)N2C(OC(=O)O)=CCS[C@@H]12)c1csc(N)n1. The minimum absolute atomic E-state index is 0.0604. The molecule has 13 heteroatoms. The molecule has 0 unspecified atom stereocenters. The number of amides is 2. The number of nitrogens with zero attached hydrogens (tertiary/aromatic N) is 3. The Balaban J connectivity index is 1.72. The van der Waals surface area contributed by atoms with Crippen LogP contribution in [0.5, 0.6) is 0 Å². The summed E-state index contributed by atoms with van der Waals surface area (Å²) in [6, 6.07) is -0.855. The number of hydrogen-bond acceptors (Lipinski definition) is 10. The third kappa shape index (κ3) is 3.30. The van der Waals surface area contributed by atoms with Crippen molar-refractivity contribution in [3.05, 3.63) is 23.0 Å². The summed E-state index contributed by atoms with van der Waals surface area (Å²) in [5.41, 5.74) is 5.67. The Morgan fingerprint density at radius 1 is 1.54 bits per heavy atom. The highest BCUT2D eigenvalue weighted by Gasteiger charge is 2.53. The Morgan fingerprint density at radius 3 is 2.92 bits per heavy atom. The maximum Gasteiger partial charge on any atom is 0.512 e. The fourth-order valence-electron chi connectivity index (χ4n) is 2.40. The molecular weight excluding hydrogens is 386 g/mol. The fraction of sp³-hybridized carbons (Fsp3) is 0.308. The molecule has 4 N–H and O–H groups in total. The standard InChI is InChI=1S/C13H13N5O6S2/c1-23-17-7(5-4-26-12(14)15-5)9(19)16-8-10(20)18-6(24-13(21)22)2-3-25-11(8)18/h2,4,8,11H,3H2,1H3,(H2,14,15)(H,16,19)(H,21,22)/t8-,11+/m1/s1. The highest BCUT2D eigenvalue weighted by atomic mass is 32.2. The van der Waals surface area contributed by atoms with Crippen molar-refractivity contribution in [2.45, 2.75) is 11.4 Å². The van der Waals surface area contributed by atoms with Gasteiger partial charge < -0.3 is 25.7 Å². The number of ether oxygens (including phenoxy) is 1. The van der Waals surface area contributed by atoms with Crippen LogP contribution in [0.3, 0.4) is 0 Å². The second-order valence-corrected chi connectivity index (χ2v) is 7.03. The smallest absolute Gasteiger partial charge is 0.449 e. The van der Waals surface area contributed by atoms with Crippen LogP contribution >= 0.6 is 23.1 Å². The Labute approximate surface area is 154 Å². The molecule has 1 fully saturated rings. The number of thioether (sulfide) groups is 1.